The van der Waals surface area contributed by atoms with Crippen LogP contribution < -0.4 is 26.2 Å². The first-order chi connectivity index (χ1) is 56.5. The lowest BCUT2D eigenvalue weighted by atomic mass is 9.33. The van der Waals surface area contributed by atoms with Gasteiger partial charge in [-0.25, -0.2) is 0 Å². The van der Waals surface area contributed by atoms with Gasteiger partial charge in [0.25, 0.3) is 6.71 Å². The van der Waals surface area contributed by atoms with E-state index in [0.717, 1.165) is 100 Å². The highest BCUT2D eigenvalue weighted by atomic mass is 16.3. The molecule has 106 heavy (non-hydrogen) atoms. The molecular formula is C100H85BN4O. The molecule has 0 aliphatic carbocycles. The zero-order chi connectivity index (χ0) is 83.8. The van der Waals surface area contributed by atoms with Crippen LogP contribution in [-0.2, 0) is 21.7 Å². The molecule has 14 aromatic carbocycles. The fraction of sp³-hybridized carbons (Fsp3) is 0.160. The summed E-state index contributed by atoms with van der Waals surface area (Å²) in [6, 6.07) is 71.2. The van der Waals surface area contributed by atoms with Gasteiger partial charge in [-0.3, -0.25) is 0 Å². The molecule has 0 atom stereocenters. The van der Waals surface area contributed by atoms with Crippen molar-refractivity contribution in [3.63, 3.8) is 0 Å². The Morgan fingerprint density at radius 1 is 0.274 bits per heavy atom. The predicted octanol–water partition coefficient (Wildman–Crippen LogP) is 25.7. The van der Waals surface area contributed by atoms with Gasteiger partial charge in [0.15, 0.2) is 11.2 Å². The van der Waals surface area contributed by atoms with Crippen molar-refractivity contribution in [1.29, 1.82) is 0 Å². The number of fused-ring (bicyclic) bond motifs is 13. The van der Waals surface area contributed by atoms with E-state index in [1.807, 2.05) is 48.5 Å². The molecule has 19 rings (SSSR count). The Hall–Kier alpha value is -11.9. The Balaban J connectivity index is 0.994. The summed E-state index contributed by atoms with van der Waals surface area (Å²) >= 11 is 0. The van der Waals surface area contributed by atoms with E-state index in [4.69, 9.17) is 11.3 Å². The molecule has 2 aliphatic rings. The molecule has 6 heteroatoms. The van der Waals surface area contributed by atoms with Crippen LogP contribution in [0.15, 0.2) is 301 Å². The van der Waals surface area contributed by atoms with E-state index < -0.39 is 73.2 Å². The fourth-order valence-electron chi connectivity index (χ4n) is 16.4. The minimum Gasteiger partial charge on any atom is -0.452 e. The number of furan rings is 1. The second-order valence-corrected chi connectivity index (χ2v) is 32.8. The molecule has 0 radical (unpaired) electrons. The van der Waals surface area contributed by atoms with Crippen molar-refractivity contribution in [2.24, 2.45) is 0 Å². The molecule has 0 saturated carbocycles. The molecule has 0 unspecified atom stereocenters. The zero-order valence-electron chi connectivity index (χ0n) is 74.6. The lowest BCUT2D eigenvalue weighted by Crippen LogP contribution is -2.61. The summed E-state index contributed by atoms with van der Waals surface area (Å²) in [5, 5.41) is 3.22. The maximum Gasteiger partial charge on any atom is 0.252 e. The minimum atomic E-state index is -0.579. The van der Waals surface area contributed by atoms with Crippen LogP contribution in [-0.4, -0.2) is 15.8 Å². The first-order valence-corrected chi connectivity index (χ1v) is 36.6. The number of para-hydroxylation sites is 4. The van der Waals surface area contributed by atoms with Crippen LogP contribution >= 0.6 is 0 Å². The minimum absolute atomic E-state index is 0.0155. The van der Waals surface area contributed by atoms with E-state index in [9.17, 15) is 11.0 Å². The van der Waals surface area contributed by atoms with Crippen molar-refractivity contribution >= 4 is 123 Å². The maximum absolute atomic E-state index is 9.67. The quantitative estimate of drug-likeness (QED) is 0.142. The van der Waals surface area contributed by atoms with Crippen molar-refractivity contribution in [2.75, 3.05) is 9.80 Å². The maximum atomic E-state index is 9.67. The second-order valence-electron chi connectivity index (χ2n) is 32.8. The first kappa shape index (κ1) is 52.2. The molecular weight excluding hydrogens is 1280 g/mol. The molecule has 0 spiro atoms. The zero-order valence-corrected chi connectivity index (χ0v) is 61.6. The summed E-state index contributed by atoms with van der Waals surface area (Å²) in [4.78, 5) is 4.67. The van der Waals surface area contributed by atoms with Crippen LogP contribution in [0, 0.1) is 0 Å². The summed E-state index contributed by atoms with van der Waals surface area (Å²) in [7, 11) is 0. The topological polar surface area (TPSA) is 29.5 Å². The van der Waals surface area contributed by atoms with Crippen LogP contribution in [0.1, 0.15) is 123 Å². The summed E-state index contributed by atoms with van der Waals surface area (Å²) in [5.41, 5.74) is 21.1. The van der Waals surface area contributed by atoms with E-state index in [1.165, 1.54) is 26.8 Å². The van der Waals surface area contributed by atoms with Crippen molar-refractivity contribution in [3.8, 4) is 55.9 Å². The first-order valence-electron chi connectivity index (χ1n) is 43.1. The van der Waals surface area contributed by atoms with Crippen molar-refractivity contribution < 1.29 is 22.2 Å². The van der Waals surface area contributed by atoms with E-state index in [1.54, 1.807) is 12.1 Å². The molecule has 5 heterocycles. The Bertz CT molecular complexity index is 7010. The highest BCUT2D eigenvalue weighted by Gasteiger charge is 2.45. The largest absolute Gasteiger partial charge is 0.452 e. The van der Waals surface area contributed by atoms with Gasteiger partial charge in [0.2, 0.25) is 0 Å². The van der Waals surface area contributed by atoms with E-state index in [-0.39, 0.29) is 72.4 Å². The van der Waals surface area contributed by atoms with Gasteiger partial charge in [-0.1, -0.05) is 289 Å². The Morgan fingerprint density at radius 2 is 0.736 bits per heavy atom. The molecule has 0 saturated heterocycles. The van der Waals surface area contributed by atoms with Gasteiger partial charge < -0.3 is 23.4 Å². The van der Waals surface area contributed by atoms with Crippen LogP contribution in [0.2, 0.25) is 0 Å². The number of benzene rings is 14. The number of anilines is 6. The average molecular weight is 1380 g/mol. The molecule has 5 nitrogen and oxygen atoms in total. The van der Waals surface area contributed by atoms with Crippen LogP contribution in [0.5, 0.6) is 0 Å². The fourth-order valence-corrected chi connectivity index (χ4v) is 16.4. The normalized spacial score (nSPS) is 14.9. The molecule has 0 amide bonds. The number of hydrogen-bond donors (Lipinski definition) is 0. The van der Waals surface area contributed by atoms with Crippen molar-refractivity contribution in [1.82, 2.24) is 9.13 Å². The summed E-state index contributed by atoms with van der Waals surface area (Å²) in [6.45, 7) is 26.5. The standard InChI is InChI=1S/C100H85BN4O/c1-97(2,3)70-44-48-86-80(58-70)81-59-71(98(4,5)6)45-49-87(81)102(86)75-60-92-94-93(61-75)105(89-41-27-37-79-78-36-26-40-88(95(78)106-96(79)89)104-84-38-24-22-34-76(84)77-35-23-25-39-85(77)104)91-55-65(62-28-16-13-17-29-62)42-46-83(91)101(94)82-47-43-66(69-51-72(99(7,8)9)57-73(52-69)100(10,11)12)56-90(82)103(92)74-53-67(63-30-18-14-19-31-63)50-68(54-74)64-32-20-15-21-33-64/h13-61H,1-12H3/i13D,16D,17D,22D,23D,24D,25D,28D,29D,34D,35D,38D,39D. The van der Waals surface area contributed by atoms with Gasteiger partial charge in [-0.2, -0.15) is 0 Å². The molecule has 0 N–H and O–H groups in total. The van der Waals surface area contributed by atoms with Crippen molar-refractivity contribution in [3.05, 3.63) is 319 Å². The van der Waals surface area contributed by atoms with Crippen LogP contribution in [0.25, 0.3) is 121 Å². The molecule has 17 aromatic rings. The van der Waals surface area contributed by atoms with Crippen LogP contribution in [0.3, 0.4) is 0 Å². The number of nitrogens with zero attached hydrogens (tertiary/aromatic N) is 4. The Kier molecular flexibility index (Phi) is 11.7. The summed E-state index contributed by atoms with van der Waals surface area (Å²) in [6.07, 6.45) is 0. The van der Waals surface area contributed by atoms with Crippen molar-refractivity contribution in [2.45, 2.75) is 105 Å². The summed E-state index contributed by atoms with van der Waals surface area (Å²) in [5.74, 6) is 0. The third-order valence-corrected chi connectivity index (χ3v) is 22.0. The van der Waals surface area contributed by atoms with Gasteiger partial charge >= 0.3 is 0 Å². The summed E-state index contributed by atoms with van der Waals surface area (Å²) < 4.78 is 132. The van der Waals surface area contributed by atoms with Gasteiger partial charge in [0.1, 0.15) is 0 Å². The second kappa shape index (κ2) is 23.8. The Morgan fingerprint density at radius 3 is 1.26 bits per heavy atom. The SMILES string of the molecule is [2H]c1c([2H])c([2H])c(-c2ccc3c(c2)N(c2cccc4c2oc2c(-n5c6c([2H])c([2H])c([2H])c([2H])c6c6c([2H])c([2H])c([2H])c([2H])c65)cccc24)c2cc(-n4c5ccc(C(C)(C)C)cc5c5cc(C(C)(C)C)ccc54)cc4c2B3c2ccc(-c3cc(C(C)(C)C)cc(C(C)(C)C)c3)cc2N4c2cc(-c3ccccc3)cc(-c3ccccc3)c2)c([2H])c1[2H]. The Labute approximate surface area is 640 Å². The van der Waals surface area contributed by atoms with E-state index in [0.29, 0.717) is 33.3 Å². The number of rotatable bonds is 8. The van der Waals surface area contributed by atoms with Gasteiger partial charge in [-0.15, -0.1) is 0 Å². The monoisotopic (exact) mass is 1380 g/mol. The highest BCUT2D eigenvalue weighted by Crippen LogP contribution is 2.52. The molecule has 514 valence electrons. The average Bonchev–Trinajstić information content (AvgIpc) is 1.68. The highest BCUT2D eigenvalue weighted by molar-refractivity contribution is 7.00. The van der Waals surface area contributed by atoms with Gasteiger partial charge in [0.05, 0.1) is 56.9 Å². The molecule has 3 aromatic heterocycles. The smallest absolute Gasteiger partial charge is 0.252 e. The third kappa shape index (κ3) is 10.5. The van der Waals surface area contributed by atoms with Gasteiger partial charge in [0, 0.05) is 60.8 Å². The van der Waals surface area contributed by atoms with E-state index >= 15 is 0 Å². The third-order valence-electron chi connectivity index (χ3n) is 22.0. The predicted molar refractivity (Wildman–Crippen MR) is 453 cm³/mol. The van der Waals surface area contributed by atoms with Crippen LogP contribution in [0.4, 0.5) is 34.1 Å². The van der Waals surface area contributed by atoms with Gasteiger partial charge in [-0.05, 0) is 196 Å². The number of hydrogen-bond acceptors (Lipinski definition) is 3. The number of aromatic nitrogens is 2. The molecule has 0 bridgehead atoms. The molecule has 2 aliphatic heterocycles. The van der Waals surface area contributed by atoms with E-state index in [2.05, 4.69) is 255 Å². The lowest BCUT2D eigenvalue weighted by molar-refractivity contribution is 0.569. The molecule has 0 fully saturated rings. The lowest BCUT2D eigenvalue weighted by Gasteiger charge is -2.44.